The van der Waals surface area contributed by atoms with E-state index in [1.165, 1.54) is 77.4 Å². The van der Waals surface area contributed by atoms with Crippen LogP contribution in [0.25, 0.3) is 0 Å². The topological polar surface area (TPSA) is 15.3 Å². The predicted octanol–water partition coefficient (Wildman–Crippen LogP) is 3.42. The van der Waals surface area contributed by atoms with E-state index in [0.717, 1.165) is 23.9 Å². The molecule has 19 heavy (non-hydrogen) atoms. The third-order valence-corrected chi connectivity index (χ3v) is 6.08. The number of likely N-dealkylation sites (tertiary alicyclic amines) is 1. The lowest BCUT2D eigenvalue weighted by atomic mass is 9.82. The number of rotatable bonds is 3. The van der Waals surface area contributed by atoms with Crippen LogP contribution < -0.4 is 5.32 Å². The van der Waals surface area contributed by atoms with Gasteiger partial charge in [-0.3, -0.25) is 4.90 Å². The monoisotopic (exact) mass is 264 g/mol. The zero-order valence-electron chi connectivity index (χ0n) is 12.7. The summed E-state index contributed by atoms with van der Waals surface area (Å²) in [5, 5.41) is 3.62. The Labute approximate surface area is 119 Å². The molecule has 0 aromatic heterocycles. The maximum absolute atomic E-state index is 3.62. The maximum Gasteiger partial charge on any atom is 0.0139 e. The first-order valence-corrected chi connectivity index (χ1v) is 8.85. The molecular formula is C17H32N2. The lowest BCUT2D eigenvalue weighted by Gasteiger charge is -2.41. The van der Waals surface area contributed by atoms with Crippen molar-refractivity contribution in [2.24, 2.45) is 11.8 Å². The molecule has 0 amide bonds. The van der Waals surface area contributed by atoms with Crippen LogP contribution in [0.5, 0.6) is 0 Å². The van der Waals surface area contributed by atoms with Gasteiger partial charge in [0.15, 0.2) is 0 Å². The van der Waals surface area contributed by atoms with Crippen molar-refractivity contribution in [2.75, 3.05) is 19.6 Å². The third-order valence-electron chi connectivity index (χ3n) is 6.08. The van der Waals surface area contributed by atoms with Gasteiger partial charge in [0, 0.05) is 12.1 Å². The highest BCUT2D eigenvalue weighted by Gasteiger charge is 2.37. The lowest BCUT2D eigenvalue weighted by Crippen LogP contribution is -2.48. The van der Waals surface area contributed by atoms with Gasteiger partial charge in [-0.1, -0.05) is 13.3 Å². The summed E-state index contributed by atoms with van der Waals surface area (Å²) >= 11 is 0. The Morgan fingerprint density at radius 3 is 2.53 bits per heavy atom. The maximum atomic E-state index is 3.62. The smallest absolute Gasteiger partial charge is 0.0139 e. The minimum absolute atomic E-state index is 0.913. The van der Waals surface area contributed by atoms with Crippen molar-refractivity contribution < 1.29 is 0 Å². The van der Waals surface area contributed by atoms with E-state index < -0.39 is 0 Å². The fourth-order valence-electron chi connectivity index (χ4n) is 4.87. The average molecular weight is 264 g/mol. The molecule has 0 bridgehead atoms. The molecule has 2 atom stereocenters. The highest BCUT2D eigenvalue weighted by Crippen LogP contribution is 2.36. The van der Waals surface area contributed by atoms with Gasteiger partial charge < -0.3 is 5.32 Å². The molecule has 2 saturated heterocycles. The van der Waals surface area contributed by atoms with Crippen LogP contribution in [-0.2, 0) is 0 Å². The van der Waals surface area contributed by atoms with E-state index in [9.17, 15) is 0 Å². The number of hydrogen-bond donors (Lipinski definition) is 1. The van der Waals surface area contributed by atoms with Gasteiger partial charge in [-0.25, -0.2) is 0 Å². The molecule has 110 valence electrons. The molecule has 2 heteroatoms. The van der Waals surface area contributed by atoms with Crippen LogP contribution in [0.4, 0.5) is 0 Å². The minimum Gasteiger partial charge on any atom is -0.316 e. The molecule has 0 radical (unpaired) electrons. The van der Waals surface area contributed by atoms with Gasteiger partial charge in [-0.2, -0.15) is 0 Å². The van der Waals surface area contributed by atoms with Gasteiger partial charge >= 0.3 is 0 Å². The Kier molecular flexibility index (Phi) is 4.81. The first-order chi connectivity index (χ1) is 9.38. The quantitative estimate of drug-likeness (QED) is 0.840. The summed E-state index contributed by atoms with van der Waals surface area (Å²) in [4.78, 5) is 2.93. The van der Waals surface area contributed by atoms with E-state index >= 15 is 0 Å². The molecule has 0 spiro atoms. The molecule has 0 aromatic carbocycles. The van der Waals surface area contributed by atoms with E-state index in [1.807, 2.05) is 0 Å². The minimum atomic E-state index is 0.913. The van der Waals surface area contributed by atoms with Crippen molar-refractivity contribution in [3.05, 3.63) is 0 Å². The molecule has 0 aromatic rings. The Balaban J connectivity index is 1.57. The largest absolute Gasteiger partial charge is 0.316 e. The highest BCUT2D eigenvalue weighted by molar-refractivity contribution is 4.92. The molecule has 1 saturated carbocycles. The van der Waals surface area contributed by atoms with E-state index in [-0.39, 0.29) is 0 Å². The van der Waals surface area contributed by atoms with Gasteiger partial charge in [0.25, 0.3) is 0 Å². The van der Waals surface area contributed by atoms with Crippen molar-refractivity contribution in [3.63, 3.8) is 0 Å². The van der Waals surface area contributed by atoms with Crippen LogP contribution >= 0.6 is 0 Å². The predicted molar refractivity (Wildman–Crippen MR) is 81.4 cm³/mol. The van der Waals surface area contributed by atoms with Crippen LogP contribution in [0.2, 0.25) is 0 Å². The van der Waals surface area contributed by atoms with Crippen molar-refractivity contribution in [1.82, 2.24) is 10.2 Å². The molecule has 3 aliphatic rings. The molecule has 3 fully saturated rings. The van der Waals surface area contributed by atoms with Gasteiger partial charge in [0.05, 0.1) is 0 Å². The van der Waals surface area contributed by atoms with Crippen molar-refractivity contribution in [2.45, 2.75) is 76.8 Å². The number of nitrogens with one attached hydrogen (secondary N) is 1. The van der Waals surface area contributed by atoms with Gasteiger partial charge in [0.2, 0.25) is 0 Å². The zero-order valence-corrected chi connectivity index (χ0v) is 12.7. The normalized spacial score (nSPS) is 41.5. The molecule has 3 rings (SSSR count). The van der Waals surface area contributed by atoms with E-state index in [2.05, 4.69) is 17.1 Å². The van der Waals surface area contributed by atoms with Crippen LogP contribution in [0.15, 0.2) is 0 Å². The molecule has 2 heterocycles. The Hall–Kier alpha value is -0.0800. The first kappa shape index (κ1) is 13.9. The van der Waals surface area contributed by atoms with Gasteiger partial charge in [0.1, 0.15) is 0 Å². The molecule has 2 aliphatic heterocycles. The van der Waals surface area contributed by atoms with Crippen LogP contribution in [0.1, 0.15) is 64.7 Å². The number of hydrogen-bond acceptors (Lipinski definition) is 2. The van der Waals surface area contributed by atoms with Crippen LogP contribution in [0, 0.1) is 11.8 Å². The van der Waals surface area contributed by atoms with E-state index in [0.29, 0.717) is 0 Å². The van der Waals surface area contributed by atoms with Gasteiger partial charge in [-0.15, -0.1) is 0 Å². The van der Waals surface area contributed by atoms with E-state index in [1.54, 1.807) is 0 Å². The standard InChI is InChI=1S/C17H32N2/c1-2-14-7-9-16(10-8-14)19-12-4-6-17(19)15-5-3-11-18-13-15/h14-18H,2-13H2,1H3. The Morgan fingerprint density at radius 1 is 1.00 bits per heavy atom. The Morgan fingerprint density at radius 2 is 1.84 bits per heavy atom. The fourth-order valence-corrected chi connectivity index (χ4v) is 4.87. The summed E-state index contributed by atoms with van der Waals surface area (Å²) in [5.74, 6) is 1.98. The van der Waals surface area contributed by atoms with Crippen molar-refractivity contribution in [1.29, 1.82) is 0 Å². The second-order valence-corrected chi connectivity index (χ2v) is 7.14. The number of nitrogens with zero attached hydrogens (tertiary/aromatic N) is 1. The molecule has 2 nitrogen and oxygen atoms in total. The molecule has 2 unspecified atom stereocenters. The zero-order chi connectivity index (χ0) is 13.1. The second kappa shape index (κ2) is 6.58. The summed E-state index contributed by atoms with van der Waals surface area (Å²) in [5.41, 5.74) is 0. The van der Waals surface area contributed by atoms with Crippen LogP contribution in [-0.4, -0.2) is 36.6 Å². The fraction of sp³-hybridized carbons (Fsp3) is 1.00. The third kappa shape index (κ3) is 3.16. The average Bonchev–Trinajstić information content (AvgIpc) is 2.98. The first-order valence-electron chi connectivity index (χ1n) is 8.85. The lowest BCUT2D eigenvalue weighted by molar-refractivity contribution is 0.0844. The second-order valence-electron chi connectivity index (χ2n) is 7.14. The summed E-state index contributed by atoms with van der Waals surface area (Å²) < 4.78 is 0. The van der Waals surface area contributed by atoms with Crippen molar-refractivity contribution in [3.8, 4) is 0 Å². The Bertz CT molecular complexity index is 264. The van der Waals surface area contributed by atoms with Gasteiger partial charge in [-0.05, 0) is 82.8 Å². The molecular weight excluding hydrogens is 232 g/mol. The van der Waals surface area contributed by atoms with Crippen LogP contribution in [0.3, 0.4) is 0 Å². The summed E-state index contributed by atoms with van der Waals surface area (Å²) in [6.07, 6.45) is 13.2. The summed E-state index contributed by atoms with van der Waals surface area (Å²) in [7, 11) is 0. The SMILES string of the molecule is CCC1CCC(N2CCCC2C2CCCNC2)CC1. The molecule has 1 aliphatic carbocycles. The summed E-state index contributed by atoms with van der Waals surface area (Å²) in [6, 6.07) is 1.84. The summed E-state index contributed by atoms with van der Waals surface area (Å²) in [6.45, 7) is 6.30. The number of piperidine rings is 1. The van der Waals surface area contributed by atoms with Crippen molar-refractivity contribution >= 4 is 0 Å². The highest BCUT2D eigenvalue weighted by atomic mass is 15.2. The van der Waals surface area contributed by atoms with E-state index in [4.69, 9.17) is 0 Å². The molecule has 1 N–H and O–H groups in total.